The maximum Gasteiger partial charge on any atom is 0.220 e. The molecule has 0 aliphatic carbocycles. The van der Waals surface area contributed by atoms with E-state index in [1.54, 1.807) is 0 Å². The average Bonchev–Trinajstić information content (AvgIpc) is 2.71. The molecule has 0 spiro atoms. The zero-order valence-corrected chi connectivity index (χ0v) is 12.5. The zero-order chi connectivity index (χ0) is 13.9. The summed E-state index contributed by atoms with van der Waals surface area (Å²) in [6.45, 7) is 8.52. The molecule has 0 aromatic carbocycles. The van der Waals surface area contributed by atoms with E-state index < -0.39 is 0 Å². The van der Waals surface area contributed by atoms with Crippen molar-refractivity contribution in [2.75, 3.05) is 13.2 Å². The quantitative estimate of drug-likeness (QED) is 0.800. The first kappa shape index (κ1) is 14.8. The van der Waals surface area contributed by atoms with Crippen LogP contribution < -0.4 is 10.6 Å². The lowest BCUT2D eigenvalue weighted by Crippen LogP contribution is -2.41. The molecule has 0 bridgehead atoms. The minimum Gasteiger partial charge on any atom is -0.376 e. The molecule has 2 aliphatic rings. The summed E-state index contributed by atoms with van der Waals surface area (Å²) in [6, 6.07) is 0.843. The predicted octanol–water partition coefficient (Wildman–Crippen LogP) is 1.84. The predicted molar refractivity (Wildman–Crippen MR) is 76.0 cm³/mol. The van der Waals surface area contributed by atoms with Crippen molar-refractivity contribution < 1.29 is 9.53 Å². The van der Waals surface area contributed by atoms with Gasteiger partial charge in [0.25, 0.3) is 0 Å². The number of rotatable bonds is 5. The van der Waals surface area contributed by atoms with Crippen LogP contribution >= 0.6 is 0 Å². The third-order valence-electron chi connectivity index (χ3n) is 4.28. The molecule has 2 rings (SSSR count). The Kier molecular flexibility index (Phi) is 4.85. The fourth-order valence-electron chi connectivity index (χ4n) is 3.26. The van der Waals surface area contributed by atoms with Gasteiger partial charge in [0, 0.05) is 25.1 Å². The van der Waals surface area contributed by atoms with E-state index in [4.69, 9.17) is 4.74 Å². The zero-order valence-electron chi connectivity index (χ0n) is 12.5. The van der Waals surface area contributed by atoms with Gasteiger partial charge in [-0.25, -0.2) is 0 Å². The summed E-state index contributed by atoms with van der Waals surface area (Å²) in [4.78, 5) is 11.2. The van der Waals surface area contributed by atoms with E-state index in [0.29, 0.717) is 24.4 Å². The maximum absolute atomic E-state index is 11.2. The van der Waals surface area contributed by atoms with Crippen molar-refractivity contribution in [3.05, 3.63) is 0 Å². The highest BCUT2D eigenvalue weighted by atomic mass is 16.5. The van der Waals surface area contributed by atoms with E-state index in [1.165, 1.54) is 0 Å². The smallest absolute Gasteiger partial charge is 0.220 e. The maximum atomic E-state index is 11.2. The van der Waals surface area contributed by atoms with Gasteiger partial charge < -0.3 is 15.4 Å². The number of nitrogens with one attached hydrogen (secondary N) is 2. The summed E-state index contributed by atoms with van der Waals surface area (Å²) >= 11 is 0. The monoisotopic (exact) mass is 268 g/mol. The molecule has 2 fully saturated rings. The molecule has 2 saturated heterocycles. The van der Waals surface area contributed by atoms with Crippen molar-refractivity contribution in [3.8, 4) is 0 Å². The van der Waals surface area contributed by atoms with Crippen LogP contribution in [0, 0.1) is 5.92 Å². The lowest BCUT2D eigenvalue weighted by molar-refractivity contribution is -0.119. The highest BCUT2D eigenvalue weighted by Crippen LogP contribution is 2.28. The van der Waals surface area contributed by atoms with Gasteiger partial charge in [0.1, 0.15) is 0 Å². The first-order valence-electron chi connectivity index (χ1n) is 7.61. The van der Waals surface area contributed by atoms with Crippen molar-refractivity contribution in [1.29, 1.82) is 0 Å². The van der Waals surface area contributed by atoms with Gasteiger partial charge in [-0.2, -0.15) is 0 Å². The first-order chi connectivity index (χ1) is 8.94. The van der Waals surface area contributed by atoms with Gasteiger partial charge in [0.15, 0.2) is 0 Å². The highest BCUT2D eigenvalue weighted by molar-refractivity contribution is 5.78. The molecule has 0 aromatic heterocycles. The van der Waals surface area contributed by atoms with Crippen LogP contribution in [0.2, 0.25) is 0 Å². The van der Waals surface area contributed by atoms with Gasteiger partial charge in [-0.3, -0.25) is 4.79 Å². The molecule has 1 amide bonds. The third kappa shape index (κ3) is 4.77. The molecule has 19 heavy (non-hydrogen) atoms. The fraction of sp³-hybridized carbons (Fsp3) is 0.933. The van der Waals surface area contributed by atoms with Gasteiger partial charge in [0.2, 0.25) is 5.91 Å². The Balaban J connectivity index is 1.65. The van der Waals surface area contributed by atoms with Crippen LogP contribution in [-0.4, -0.2) is 36.7 Å². The molecule has 110 valence electrons. The number of hydrogen-bond donors (Lipinski definition) is 2. The number of hydrogen-bond acceptors (Lipinski definition) is 3. The summed E-state index contributed by atoms with van der Waals surface area (Å²) in [5.74, 6) is 0.924. The highest BCUT2D eigenvalue weighted by Gasteiger charge is 2.29. The second-order valence-electron chi connectivity index (χ2n) is 6.82. The Morgan fingerprint density at radius 3 is 2.89 bits per heavy atom. The van der Waals surface area contributed by atoms with Crippen molar-refractivity contribution in [2.45, 2.75) is 70.6 Å². The molecule has 4 nitrogen and oxygen atoms in total. The SMILES string of the molecule is CC(CC1CCC(=O)N1)NCC1CCOC(C)(C)C1. The number of carbonyl (C=O) groups is 1. The molecule has 3 atom stereocenters. The van der Waals surface area contributed by atoms with Crippen LogP contribution in [0.4, 0.5) is 0 Å². The molecule has 2 heterocycles. The Bertz CT molecular complexity index is 317. The molecular formula is C15H28N2O2. The van der Waals surface area contributed by atoms with Gasteiger partial charge in [0.05, 0.1) is 5.60 Å². The number of carbonyl (C=O) groups excluding carboxylic acids is 1. The minimum atomic E-state index is 0.0350. The average molecular weight is 268 g/mol. The van der Waals surface area contributed by atoms with Gasteiger partial charge in [-0.15, -0.1) is 0 Å². The summed E-state index contributed by atoms with van der Waals surface area (Å²) in [5, 5.41) is 6.66. The van der Waals surface area contributed by atoms with E-state index in [1.807, 2.05) is 0 Å². The minimum absolute atomic E-state index is 0.0350. The second kappa shape index (κ2) is 6.23. The lowest BCUT2D eigenvalue weighted by atomic mass is 9.88. The molecule has 2 N–H and O–H groups in total. The van der Waals surface area contributed by atoms with E-state index in [2.05, 4.69) is 31.4 Å². The van der Waals surface area contributed by atoms with Crippen molar-refractivity contribution in [3.63, 3.8) is 0 Å². The van der Waals surface area contributed by atoms with Crippen molar-refractivity contribution >= 4 is 5.91 Å². The van der Waals surface area contributed by atoms with Crippen LogP contribution in [0.5, 0.6) is 0 Å². The van der Waals surface area contributed by atoms with E-state index in [0.717, 1.165) is 38.8 Å². The molecule has 3 unspecified atom stereocenters. The standard InChI is InChI=1S/C15H28N2O2/c1-11(8-13-4-5-14(18)17-13)16-10-12-6-7-19-15(2,3)9-12/h11-13,16H,4-10H2,1-3H3,(H,17,18). The normalized spacial score (nSPS) is 32.1. The van der Waals surface area contributed by atoms with Gasteiger partial charge >= 0.3 is 0 Å². The largest absolute Gasteiger partial charge is 0.376 e. The van der Waals surface area contributed by atoms with Crippen LogP contribution in [0.15, 0.2) is 0 Å². The Hall–Kier alpha value is -0.610. The number of ether oxygens (including phenoxy) is 1. The third-order valence-corrected chi connectivity index (χ3v) is 4.28. The van der Waals surface area contributed by atoms with Crippen molar-refractivity contribution in [1.82, 2.24) is 10.6 Å². The second-order valence-corrected chi connectivity index (χ2v) is 6.82. The van der Waals surface area contributed by atoms with E-state index >= 15 is 0 Å². The van der Waals surface area contributed by atoms with Crippen molar-refractivity contribution in [2.24, 2.45) is 5.92 Å². The van der Waals surface area contributed by atoms with Crippen LogP contribution in [0.3, 0.4) is 0 Å². The van der Waals surface area contributed by atoms with E-state index in [-0.39, 0.29) is 11.5 Å². The van der Waals surface area contributed by atoms with E-state index in [9.17, 15) is 4.79 Å². The summed E-state index contributed by atoms with van der Waals surface area (Å²) in [7, 11) is 0. The number of amides is 1. The summed E-state index contributed by atoms with van der Waals surface area (Å²) in [5.41, 5.74) is 0.0350. The topological polar surface area (TPSA) is 50.4 Å². The molecule has 4 heteroatoms. The summed E-state index contributed by atoms with van der Waals surface area (Å²) in [6.07, 6.45) is 5.02. The van der Waals surface area contributed by atoms with Crippen LogP contribution in [0.1, 0.15) is 52.9 Å². The Labute approximate surface area is 116 Å². The Morgan fingerprint density at radius 1 is 1.47 bits per heavy atom. The molecule has 2 aliphatic heterocycles. The fourth-order valence-corrected chi connectivity index (χ4v) is 3.26. The Morgan fingerprint density at radius 2 is 2.26 bits per heavy atom. The van der Waals surface area contributed by atoms with Gasteiger partial charge in [-0.1, -0.05) is 0 Å². The molecule has 0 saturated carbocycles. The van der Waals surface area contributed by atoms with Crippen LogP contribution in [-0.2, 0) is 9.53 Å². The molecule has 0 aromatic rings. The summed E-state index contributed by atoms with van der Waals surface area (Å²) < 4.78 is 5.75. The van der Waals surface area contributed by atoms with Crippen LogP contribution in [0.25, 0.3) is 0 Å². The molecular weight excluding hydrogens is 240 g/mol. The molecule has 0 radical (unpaired) electrons. The van der Waals surface area contributed by atoms with Gasteiger partial charge in [-0.05, 0) is 58.9 Å². The lowest BCUT2D eigenvalue weighted by Gasteiger charge is -2.36. The first-order valence-corrected chi connectivity index (χ1v) is 7.61.